The van der Waals surface area contributed by atoms with Crippen molar-refractivity contribution in [3.8, 4) is 0 Å². The third-order valence-corrected chi connectivity index (χ3v) is 5.24. The highest BCUT2D eigenvalue weighted by Crippen LogP contribution is 2.22. The lowest BCUT2D eigenvalue weighted by molar-refractivity contribution is -0.153. The Labute approximate surface area is 185 Å². The summed E-state index contributed by atoms with van der Waals surface area (Å²) in [6, 6.07) is 5.44. The molecular formula is C22H26FN5O4. The van der Waals surface area contributed by atoms with Crippen molar-refractivity contribution in [2.24, 2.45) is 5.92 Å². The number of nitrogens with one attached hydrogen (secondary N) is 2. The predicted octanol–water partition coefficient (Wildman–Crippen LogP) is 1.37. The maximum absolute atomic E-state index is 13.0. The molecule has 0 radical (unpaired) electrons. The molecule has 0 aliphatic carbocycles. The van der Waals surface area contributed by atoms with Crippen LogP contribution in [0.25, 0.3) is 0 Å². The maximum atomic E-state index is 13.0. The van der Waals surface area contributed by atoms with Crippen LogP contribution in [0.3, 0.4) is 0 Å². The van der Waals surface area contributed by atoms with Crippen LogP contribution in [0.15, 0.2) is 42.9 Å². The summed E-state index contributed by atoms with van der Waals surface area (Å²) in [5.41, 5.74) is 0.741. The number of benzene rings is 1. The summed E-state index contributed by atoms with van der Waals surface area (Å²) >= 11 is 0. The average molecular weight is 443 g/mol. The third-order valence-electron chi connectivity index (χ3n) is 5.24. The van der Waals surface area contributed by atoms with Crippen molar-refractivity contribution in [3.05, 3.63) is 54.2 Å². The second-order valence-corrected chi connectivity index (χ2v) is 7.55. The van der Waals surface area contributed by atoms with Crippen molar-refractivity contribution in [2.75, 3.05) is 31.1 Å². The number of hydrogen-bond donors (Lipinski definition) is 2. The monoisotopic (exact) mass is 443 g/mol. The minimum Gasteiger partial charge on any atom is -0.455 e. The number of piperidine rings is 1. The summed E-state index contributed by atoms with van der Waals surface area (Å²) in [6.07, 6.45) is 6.10. The molecule has 2 amide bonds. The Hall–Kier alpha value is -3.56. The molecule has 1 saturated heterocycles. The van der Waals surface area contributed by atoms with Gasteiger partial charge in [-0.15, -0.1) is 0 Å². The van der Waals surface area contributed by atoms with Crippen molar-refractivity contribution in [1.29, 1.82) is 0 Å². The minimum absolute atomic E-state index is 0.252. The minimum atomic E-state index is -0.556. The van der Waals surface area contributed by atoms with Crippen LogP contribution in [-0.2, 0) is 19.1 Å². The summed E-state index contributed by atoms with van der Waals surface area (Å²) in [5.74, 6) is -1.25. The van der Waals surface area contributed by atoms with E-state index in [2.05, 4.69) is 25.5 Å². The summed E-state index contributed by atoms with van der Waals surface area (Å²) in [7, 11) is 0. The molecule has 1 aliphatic rings. The number of halogens is 1. The highest BCUT2D eigenvalue weighted by atomic mass is 19.1. The van der Waals surface area contributed by atoms with Gasteiger partial charge in [-0.2, -0.15) is 0 Å². The van der Waals surface area contributed by atoms with Crippen molar-refractivity contribution in [1.82, 2.24) is 20.6 Å². The molecule has 1 aromatic carbocycles. The topological polar surface area (TPSA) is 114 Å². The Bertz CT molecular complexity index is 918. The van der Waals surface area contributed by atoms with Gasteiger partial charge in [0.2, 0.25) is 5.91 Å². The lowest BCUT2D eigenvalue weighted by Crippen LogP contribution is -2.40. The van der Waals surface area contributed by atoms with Gasteiger partial charge in [0, 0.05) is 25.5 Å². The normalized spacial score (nSPS) is 15.0. The number of esters is 1. The van der Waals surface area contributed by atoms with Gasteiger partial charge >= 0.3 is 5.97 Å². The maximum Gasteiger partial charge on any atom is 0.309 e. The van der Waals surface area contributed by atoms with Gasteiger partial charge in [-0.3, -0.25) is 19.4 Å². The highest BCUT2D eigenvalue weighted by Gasteiger charge is 2.27. The SMILES string of the molecule is CC(NC(=O)CNC(=O)COC(=O)C1CCN(c2cnccn2)CC1)c1ccc(F)cc1. The molecule has 32 heavy (non-hydrogen) atoms. The molecule has 1 atom stereocenters. The van der Waals surface area contributed by atoms with E-state index in [9.17, 15) is 18.8 Å². The number of aromatic nitrogens is 2. The van der Waals surface area contributed by atoms with E-state index in [1.807, 2.05) is 0 Å². The van der Waals surface area contributed by atoms with Crippen LogP contribution in [0.4, 0.5) is 10.2 Å². The summed E-state index contributed by atoms with van der Waals surface area (Å²) in [6.45, 7) is 2.36. The van der Waals surface area contributed by atoms with Gasteiger partial charge in [-0.1, -0.05) is 12.1 Å². The first kappa shape index (κ1) is 23.1. The third kappa shape index (κ3) is 6.73. The van der Waals surface area contributed by atoms with Gasteiger partial charge in [0.05, 0.1) is 24.7 Å². The van der Waals surface area contributed by atoms with Crippen LogP contribution in [0.2, 0.25) is 0 Å². The number of rotatable bonds is 8. The Morgan fingerprint density at radius 3 is 2.53 bits per heavy atom. The zero-order chi connectivity index (χ0) is 22.9. The first-order valence-corrected chi connectivity index (χ1v) is 10.4. The number of carbonyl (C=O) groups is 3. The first-order valence-electron chi connectivity index (χ1n) is 10.4. The van der Waals surface area contributed by atoms with Crippen LogP contribution in [0, 0.1) is 11.7 Å². The van der Waals surface area contributed by atoms with Crippen LogP contribution >= 0.6 is 0 Å². The molecule has 10 heteroatoms. The second kappa shape index (κ2) is 11.2. The molecule has 170 valence electrons. The van der Waals surface area contributed by atoms with E-state index >= 15 is 0 Å². The average Bonchev–Trinajstić information content (AvgIpc) is 2.82. The number of amides is 2. The number of carbonyl (C=O) groups excluding carboxylic acids is 3. The molecule has 2 N–H and O–H groups in total. The number of hydrogen-bond acceptors (Lipinski definition) is 7. The van der Waals surface area contributed by atoms with Gasteiger partial charge < -0.3 is 20.3 Å². The Balaban J connectivity index is 1.32. The van der Waals surface area contributed by atoms with Crippen LogP contribution in [0.5, 0.6) is 0 Å². The van der Waals surface area contributed by atoms with E-state index in [0.717, 1.165) is 11.4 Å². The standard InChI is InChI=1S/C22H26FN5O4/c1-15(16-2-4-18(23)5-3-16)27-20(29)13-26-21(30)14-32-22(31)17-6-10-28(11-7-17)19-12-24-8-9-25-19/h2-5,8-9,12,15,17H,6-7,10-11,13-14H2,1H3,(H,26,30)(H,27,29). The second-order valence-electron chi connectivity index (χ2n) is 7.55. The summed E-state index contributed by atoms with van der Waals surface area (Å²) < 4.78 is 18.1. The van der Waals surface area contributed by atoms with Gasteiger partial charge in [0.15, 0.2) is 6.61 Å². The number of nitrogens with zero attached hydrogens (tertiary/aromatic N) is 3. The predicted molar refractivity (Wildman–Crippen MR) is 114 cm³/mol. The molecule has 0 bridgehead atoms. The van der Waals surface area contributed by atoms with E-state index in [4.69, 9.17) is 4.74 Å². The molecule has 1 aliphatic heterocycles. The molecule has 3 rings (SSSR count). The van der Waals surface area contributed by atoms with Gasteiger partial charge in [0.1, 0.15) is 11.6 Å². The molecule has 1 unspecified atom stereocenters. The lowest BCUT2D eigenvalue weighted by atomic mass is 9.97. The van der Waals surface area contributed by atoms with Crippen molar-refractivity contribution in [3.63, 3.8) is 0 Å². The van der Waals surface area contributed by atoms with E-state index in [1.165, 1.54) is 12.1 Å². The van der Waals surface area contributed by atoms with Crippen molar-refractivity contribution >= 4 is 23.6 Å². The Morgan fingerprint density at radius 2 is 1.88 bits per heavy atom. The molecule has 9 nitrogen and oxygen atoms in total. The molecule has 0 saturated carbocycles. The van der Waals surface area contributed by atoms with E-state index < -0.39 is 24.4 Å². The molecule has 2 heterocycles. The summed E-state index contributed by atoms with van der Waals surface area (Å²) in [4.78, 5) is 46.5. The van der Waals surface area contributed by atoms with E-state index in [0.29, 0.717) is 25.9 Å². The van der Waals surface area contributed by atoms with Crippen molar-refractivity contribution in [2.45, 2.75) is 25.8 Å². The Morgan fingerprint density at radius 1 is 1.16 bits per heavy atom. The molecule has 0 spiro atoms. The fraction of sp³-hybridized carbons (Fsp3) is 0.409. The first-order chi connectivity index (χ1) is 15.4. The van der Waals surface area contributed by atoms with Gasteiger partial charge in [0.25, 0.3) is 5.91 Å². The fourth-order valence-electron chi connectivity index (χ4n) is 3.41. The molecule has 2 aromatic rings. The lowest BCUT2D eigenvalue weighted by Gasteiger charge is -2.31. The highest BCUT2D eigenvalue weighted by molar-refractivity contribution is 5.86. The Kier molecular flexibility index (Phi) is 8.07. The van der Waals surface area contributed by atoms with Gasteiger partial charge in [-0.25, -0.2) is 9.37 Å². The number of anilines is 1. The van der Waals surface area contributed by atoms with Gasteiger partial charge in [-0.05, 0) is 37.5 Å². The quantitative estimate of drug-likeness (QED) is 0.593. The van der Waals surface area contributed by atoms with E-state index in [-0.39, 0.29) is 24.3 Å². The van der Waals surface area contributed by atoms with E-state index in [1.54, 1.807) is 37.6 Å². The zero-order valence-corrected chi connectivity index (χ0v) is 17.8. The van der Waals surface area contributed by atoms with Crippen LogP contribution in [0.1, 0.15) is 31.4 Å². The zero-order valence-electron chi connectivity index (χ0n) is 17.8. The number of ether oxygens (including phenoxy) is 1. The fourth-order valence-corrected chi connectivity index (χ4v) is 3.41. The molecular weight excluding hydrogens is 417 g/mol. The van der Waals surface area contributed by atoms with Crippen molar-refractivity contribution < 1.29 is 23.5 Å². The smallest absolute Gasteiger partial charge is 0.309 e. The molecule has 1 fully saturated rings. The largest absolute Gasteiger partial charge is 0.455 e. The summed E-state index contributed by atoms with van der Waals surface area (Å²) in [5, 5.41) is 5.13. The van der Waals surface area contributed by atoms with Crippen LogP contribution in [-0.4, -0.2) is 54.0 Å². The van der Waals surface area contributed by atoms with Crippen LogP contribution < -0.4 is 15.5 Å². The molecule has 1 aromatic heterocycles.